The van der Waals surface area contributed by atoms with Gasteiger partial charge in [-0.15, -0.1) is 11.3 Å². The first-order valence-electron chi connectivity index (χ1n) is 5.11. The second kappa shape index (κ2) is 4.33. The maximum absolute atomic E-state index is 11.8. The number of thiophene rings is 1. The van der Waals surface area contributed by atoms with Crippen molar-refractivity contribution in [2.75, 3.05) is 13.1 Å². The van der Waals surface area contributed by atoms with Gasteiger partial charge in [-0.05, 0) is 31.3 Å². The summed E-state index contributed by atoms with van der Waals surface area (Å²) in [5, 5.41) is 5.18. The number of rotatable bonds is 3. The average molecular weight is 225 g/mol. The predicted molar refractivity (Wildman–Crippen MR) is 59.7 cm³/mol. The van der Waals surface area contributed by atoms with Crippen LogP contribution in [0.5, 0.6) is 0 Å². The van der Waals surface area contributed by atoms with Crippen LogP contribution in [0, 0.1) is 5.41 Å². The zero-order valence-corrected chi connectivity index (χ0v) is 9.60. The van der Waals surface area contributed by atoms with Crippen molar-refractivity contribution in [3.63, 3.8) is 0 Å². The molecule has 0 saturated carbocycles. The number of ether oxygens (including phenoxy) is 1. The highest BCUT2D eigenvalue weighted by Crippen LogP contribution is 2.26. The zero-order chi connectivity index (χ0) is 10.7. The first-order valence-corrected chi connectivity index (χ1v) is 5.99. The summed E-state index contributed by atoms with van der Waals surface area (Å²) in [5.41, 5.74) is -0.322. The standard InChI is InChI=1S/C11H15NO2S/c1-11(4-5-12-8-11)10(13)14-7-9-3-2-6-15-9/h2-3,6,12H,4-5,7-8H2,1H3. The molecule has 1 fully saturated rings. The molecular formula is C11H15NO2S. The van der Waals surface area contributed by atoms with E-state index in [4.69, 9.17) is 4.74 Å². The van der Waals surface area contributed by atoms with Gasteiger partial charge in [-0.2, -0.15) is 0 Å². The molecule has 1 aromatic rings. The van der Waals surface area contributed by atoms with Crippen LogP contribution in [0.4, 0.5) is 0 Å². The zero-order valence-electron chi connectivity index (χ0n) is 8.79. The fourth-order valence-electron chi connectivity index (χ4n) is 1.70. The van der Waals surface area contributed by atoms with Crippen LogP contribution >= 0.6 is 11.3 Å². The van der Waals surface area contributed by atoms with Crippen molar-refractivity contribution in [1.82, 2.24) is 5.32 Å². The molecule has 2 rings (SSSR count). The summed E-state index contributed by atoms with van der Waals surface area (Å²) < 4.78 is 5.30. The van der Waals surface area contributed by atoms with Gasteiger partial charge < -0.3 is 10.1 Å². The maximum Gasteiger partial charge on any atom is 0.313 e. The third-order valence-corrected chi connectivity index (χ3v) is 3.64. The molecule has 0 aliphatic carbocycles. The van der Waals surface area contributed by atoms with Gasteiger partial charge in [0.25, 0.3) is 0 Å². The SMILES string of the molecule is CC1(C(=O)OCc2cccs2)CCNC1. The van der Waals surface area contributed by atoms with Crippen molar-refractivity contribution in [3.05, 3.63) is 22.4 Å². The molecule has 2 heterocycles. The molecule has 1 unspecified atom stereocenters. The quantitative estimate of drug-likeness (QED) is 0.797. The third-order valence-electron chi connectivity index (χ3n) is 2.79. The Labute approximate surface area is 93.4 Å². The summed E-state index contributed by atoms with van der Waals surface area (Å²) in [4.78, 5) is 12.9. The molecule has 1 aromatic heterocycles. The smallest absolute Gasteiger partial charge is 0.313 e. The van der Waals surface area contributed by atoms with Gasteiger partial charge in [0.1, 0.15) is 6.61 Å². The molecule has 4 heteroatoms. The average Bonchev–Trinajstić information content (AvgIpc) is 2.85. The van der Waals surface area contributed by atoms with Crippen LogP contribution in [0.1, 0.15) is 18.2 Å². The molecule has 3 nitrogen and oxygen atoms in total. The highest BCUT2D eigenvalue weighted by molar-refractivity contribution is 7.09. The molecule has 0 spiro atoms. The number of nitrogens with one attached hydrogen (secondary N) is 1. The Morgan fingerprint density at radius 3 is 3.20 bits per heavy atom. The van der Waals surface area contributed by atoms with E-state index in [1.54, 1.807) is 11.3 Å². The Balaban J connectivity index is 1.87. The second-order valence-corrected chi connectivity index (χ2v) is 5.18. The van der Waals surface area contributed by atoms with Gasteiger partial charge in [0.2, 0.25) is 0 Å². The summed E-state index contributed by atoms with van der Waals surface area (Å²) in [6.07, 6.45) is 0.871. The van der Waals surface area contributed by atoms with E-state index in [1.165, 1.54) is 0 Å². The molecule has 0 bridgehead atoms. The van der Waals surface area contributed by atoms with Gasteiger partial charge in [-0.1, -0.05) is 6.07 Å². The maximum atomic E-state index is 11.8. The largest absolute Gasteiger partial charge is 0.460 e. The molecule has 0 aromatic carbocycles. The van der Waals surface area contributed by atoms with Crippen LogP contribution in [0.25, 0.3) is 0 Å². The highest BCUT2D eigenvalue weighted by Gasteiger charge is 2.37. The summed E-state index contributed by atoms with van der Waals surface area (Å²) >= 11 is 1.61. The summed E-state index contributed by atoms with van der Waals surface area (Å²) in [5.74, 6) is -0.0825. The minimum Gasteiger partial charge on any atom is -0.460 e. The molecule has 0 radical (unpaired) electrons. The van der Waals surface area contributed by atoms with Gasteiger partial charge in [0.15, 0.2) is 0 Å². The van der Waals surface area contributed by atoms with Crippen LogP contribution < -0.4 is 5.32 Å². The normalized spacial score (nSPS) is 25.4. The van der Waals surface area contributed by atoms with Crippen LogP contribution in [0.3, 0.4) is 0 Å². The minimum absolute atomic E-state index is 0.0825. The monoisotopic (exact) mass is 225 g/mol. The van der Waals surface area contributed by atoms with Crippen LogP contribution in [-0.2, 0) is 16.1 Å². The number of hydrogen-bond donors (Lipinski definition) is 1. The van der Waals surface area contributed by atoms with Crippen molar-refractivity contribution in [2.45, 2.75) is 20.0 Å². The second-order valence-electron chi connectivity index (χ2n) is 4.14. The number of carbonyl (C=O) groups is 1. The number of carbonyl (C=O) groups excluding carboxylic acids is 1. The highest BCUT2D eigenvalue weighted by atomic mass is 32.1. The van der Waals surface area contributed by atoms with Crippen molar-refractivity contribution in [3.8, 4) is 0 Å². The lowest BCUT2D eigenvalue weighted by atomic mass is 9.90. The van der Waals surface area contributed by atoms with Gasteiger partial charge in [-0.25, -0.2) is 0 Å². The Morgan fingerprint density at radius 1 is 1.73 bits per heavy atom. The summed E-state index contributed by atoms with van der Waals surface area (Å²) in [6.45, 7) is 4.01. The topological polar surface area (TPSA) is 38.3 Å². The first-order chi connectivity index (χ1) is 7.21. The van der Waals surface area contributed by atoms with Gasteiger partial charge >= 0.3 is 5.97 Å². The lowest BCUT2D eigenvalue weighted by Crippen LogP contribution is -2.31. The lowest BCUT2D eigenvalue weighted by molar-refractivity contribution is -0.155. The fourth-order valence-corrected chi connectivity index (χ4v) is 2.31. The molecule has 1 N–H and O–H groups in total. The Bertz CT molecular complexity index is 328. The third kappa shape index (κ3) is 2.38. The fraction of sp³-hybridized carbons (Fsp3) is 0.545. The van der Waals surface area contributed by atoms with E-state index in [2.05, 4.69) is 5.32 Å². The predicted octanol–water partition coefficient (Wildman–Crippen LogP) is 1.79. The van der Waals surface area contributed by atoms with Crippen LogP contribution in [0.2, 0.25) is 0 Å². The molecular weight excluding hydrogens is 210 g/mol. The Hall–Kier alpha value is -0.870. The van der Waals surface area contributed by atoms with Gasteiger partial charge in [0.05, 0.1) is 5.41 Å². The minimum atomic E-state index is -0.322. The van der Waals surface area contributed by atoms with E-state index in [1.807, 2.05) is 24.4 Å². The summed E-state index contributed by atoms with van der Waals surface area (Å²) in [6, 6.07) is 3.94. The van der Waals surface area contributed by atoms with E-state index in [9.17, 15) is 4.79 Å². The molecule has 1 aliphatic rings. The van der Waals surface area contributed by atoms with Crippen LogP contribution in [0.15, 0.2) is 17.5 Å². The molecule has 1 atom stereocenters. The lowest BCUT2D eigenvalue weighted by Gasteiger charge is -2.19. The molecule has 1 aliphatic heterocycles. The van der Waals surface area contributed by atoms with E-state index in [0.717, 1.165) is 24.4 Å². The van der Waals surface area contributed by atoms with Crippen molar-refractivity contribution >= 4 is 17.3 Å². The number of esters is 1. The van der Waals surface area contributed by atoms with Crippen LogP contribution in [-0.4, -0.2) is 19.1 Å². The van der Waals surface area contributed by atoms with Gasteiger partial charge in [-0.3, -0.25) is 4.79 Å². The Kier molecular flexibility index (Phi) is 3.07. The molecule has 1 saturated heterocycles. The molecule has 0 amide bonds. The van der Waals surface area contributed by atoms with E-state index < -0.39 is 0 Å². The molecule has 82 valence electrons. The number of hydrogen-bond acceptors (Lipinski definition) is 4. The Morgan fingerprint density at radius 2 is 2.60 bits per heavy atom. The van der Waals surface area contributed by atoms with Gasteiger partial charge in [0, 0.05) is 11.4 Å². The molecule has 15 heavy (non-hydrogen) atoms. The van der Waals surface area contributed by atoms with Crippen molar-refractivity contribution in [2.24, 2.45) is 5.41 Å². The van der Waals surface area contributed by atoms with E-state index in [-0.39, 0.29) is 11.4 Å². The first kappa shape index (κ1) is 10.6. The van der Waals surface area contributed by atoms with E-state index in [0.29, 0.717) is 6.61 Å². The summed E-state index contributed by atoms with van der Waals surface area (Å²) in [7, 11) is 0. The van der Waals surface area contributed by atoms with Crippen molar-refractivity contribution < 1.29 is 9.53 Å². The van der Waals surface area contributed by atoms with E-state index >= 15 is 0 Å². The van der Waals surface area contributed by atoms with Crippen molar-refractivity contribution in [1.29, 1.82) is 0 Å².